The van der Waals surface area contributed by atoms with Crippen molar-refractivity contribution in [3.8, 4) is 23.0 Å². The maximum atomic E-state index is 9.72. The van der Waals surface area contributed by atoms with E-state index in [-0.39, 0.29) is 11.7 Å². The molecular weight excluding hydrogens is 280 g/mol. The average molecular weight is 300 g/mol. The molecule has 2 rings (SSSR count). The van der Waals surface area contributed by atoms with Crippen LogP contribution in [0.4, 0.5) is 0 Å². The molecule has 0 aliphatic carbocycles. The maximum absolute atomic E-state index is 9.72. The minimum atomic E-state index is -0.178. The van der Waals surface area contributed by atoms with E-state index in [4.69, 9.17) is 14.2 Å². The summed E-state index contributed by atoms with van der Waals surface area (Å²) in [7, 11) is 4.79. The second-order valence-corrected chi connectivity index (χ2v) is 4.75. The summed E-state index contributed by atoms with van der Waals surface area (Å²) in [5.41, 5.74) is 1.74. The molecule has 1 unspecified atom stereocenters. The van der Waals surface area contributed by atoms with Crippen molar-refractivity contribution in [2.45, 2.75) is 5.92 Å². The Morgan fingerprint density at radius 1 is 1.00 bits per heavy atom. The highest BCUT2D eigenvalue weighted by Gasteiger charge is 2.22. The van der Waals surface area contributed by atoms with Gasteiger partial charge in [0.25, 0.3) is 0 Å². The van der Waals surface area contributed by atoms with Crippen LogP contribution >= 0.6 is 0 Å². The third-order valence-electron chi connectivity index (χ3n) is 3.53. The van der Waals surface area contributed by atoms with Crippen LogP contribution in [0.3, 0.4) is 0 Å². The quantitative estimate of drug-likeness (QED) is 0.826. The van der Waals surface area contributed by atoms with Gasteiger partial charge >= 0.3 is 0 Å². The van der Waals surface area contributed by atoms with Gasteiger partial charge in [-0.2, -0.15) is 0 Å². The summed E-state index contributed by atoms with van der Waals surface area (Å²) in [6.45, 7) is 3.91. The highest BCUT2D eigenvalue weighted by Crippen LogP contribution is 2.42. The minimum Gasteiger partial charge on any atom is -0.508 e. The summed E-state index contributed by atoms with van der Waals surface area (Å²) in [5, 5.41) is 9.72. The van der Waals surface area contributed by atoms with Crippen LogP contribution in [-0.4, -0.2) is 26.4 Å². The van der Waals surface area contributed by atoms with Crippen LogP contribution in [0, 0.1) is 0 Å². The lowest BCUT2D eigenvalue weighted by molar-refractivity contribution is 0.368. The van der Waals surface area contributed by atoms with Crippen molar-refractivity contribution in [2.75, 3.05) is 21.3 Å². The van der Waals surface area contributed by atoms with Crippen LogP contribution in [-0.2, 0) is 0 Å². The van der Waals surface area contributed by atoms with Crippen LogP contribution < -0.4 is 14.2 Å². The van der Waals surface area contributed by atoms with Gasteiger partial charge in [-0.25, -0.2) is 0 Å². The molecule has 1 atom stereocenters. The molecule has 0 saturated heterocycles. The summed E-state index contributed by atoms with van der Waals surface area (Å²) in [4.78, 5) is 0. The third kappa shape index (κ3) is 3.01. The Hall–Kier alpha value is -2.62. The van der Waals surface area contributed by atoms with E-state index < -0.39 is 0 Å². The van der Waals surface area contributed by atoms with Gasteiger partial charge in [0.1, 0.15) is 23.0 Å². The molecule has 4 heteroatoms. The Labute approximate surface area is 130 Å². The van der Waals surface area contributed by atoms with Crippen LogP contribution in [0.5, 0.6) is 23.0 Å². The molecule has 0 radical (unpaired) electrons. The van der Waals surface area contributed by atoms with E-state index in [0.29, 0.717) is 17.2 Å². The highest BCUT2D eigenvalue weighted by molar-refractivity contribution is 5.57. The fourth-order valence-corrected chi connectivity index (χ4v) is 2.48. The first kappa shape index (κ1) is 15.8. The van der Waals surface area contributed by atoms with E-state index in [1.165, 1.54) is 0 Å². The lowest BCUT2D eigenvalue weighted by Crippen LogP contribution is -2.04. The first-order valence-electron chi connectivity index (χ1n) is 6.86. The van der Waals surface area contributed by atoms with Crippen molar-refractivity contribution in [1.82, 2.24) is 0 Å². The highest BCUT2D eigenvalue weighted by atomic mass is 16.5. The Morgan fingerprint density at radius 2 is 1.64 bits per heavy atom. The SMILES string of the molecule is C=CC(c1cccc(O)c1)c1c(OC)cc(OC)cc1OC. The molecule has 0 heterocycles. The fourth-order valence-electron chi connectivity index (χ4n) is 2.48. The second kappa shape index (κ2) is 6.89. The second-order valence-electron chi connectivity index (χ2n) is 4.75. The lowest BCUT2D eigenvalue weighted by atomic mass is 9.89. The normalized spacial score (nSPS) is 11.6. The summed E-state index contributed by atoms with van der Waals surface area (Å²) >= 11 is 0. The predicted octanol–water partition coefficient (Wildman–Crippen LogP) is 3.74. The number of methoxy groups -OCH3 is 3. The van der Waals surface area contributed by atoms with Crippen LogP contribution in [0.2, 0.25) is 0 Å². The Balaban J connectivity index is 2.64. The van der Waals surface area contributed by atoms with Gasteiger partial charge in [-0.05, 0) is 17.7 Å². The smallest absolute Gasteiger partial charge is 0.130 e. The van der Waals surface area contributed by atoms with Gasteiger partial charge < -0.3 is 19.3 Å². The van der Waals surface area contributed by atoms with E-state index in [1.807, 2.05) is 6.07 Å². The Bertz CT molecular complexity index is 639. The zero-order valence-electron chi connectivity index (χ0n) is 13.0. The van der Waals surface area contributed by atoms with Crippen LogP contribution in [0.25, 0.3) is 0 Å². The van der Waals surface area contributed by atoms with Gasteiger partial charge in [-0.3, -0.25) is 0 Å². The van der Waals surface area contributed by atoms with Crippen molar-refractivity contribution in [3.05, 3.63) is 60.2 Å². The zero-order chi connectivity index (χ0) is 16.1. The summed E-state index contributed by atoms with van der Waals surface area (Å²) in [5.74, 6) is 1.96. The third-order valence-corrected chi connectivity index (χ3v) is 3.53. The molecule has 1 N–H and O–H groups in total. The van der Waals surface area contributed by atoms with E-state index in [2.05, 4.69) is 6.58 Å². The molecular formula is C18H20O4. The molecule has 0 saturated carbocycles. The molecule has 0 bridgehead atoms. The summed E-state index contributed by atoms with van der Waals surface area (Å²) in [6.07, 6.45) is 1.79. The number of hydrogen-bond donors (Lipinski definition) is 1. The van der Waals surface area contributed by atoms with E-state index >= 15 is 0 Å². The Morgan fingerprint density at radius 3 is 2.09 bits per heavy atom. The molecule has 0 fully saturated rings. The number of benzene rings is 2. The van der Waals surface area contributed by atoms with Gasteiger partial charge in [-0.1, -0.05) is 18.2 Å². The molecule has 116 valence electrons. The first-order valence-corrected chi connectivity index (χ1v) is 6.86. The van der Waals surface area contributed by atoms with Gasteiger partial charge in [-0.15, -0.1) is 6.58 Å². The van der Waals surface area contributed by atoms with Crippen LogP contribution in [0.15, 0.2) is 49.1 Å². The van der Waals surface area contributed by atoms with Crippen molar-refractivity contribution in [1.29, 1.82) is 0 Å². The van der Waals surface area contributed by atoms with E-state index in [0.717, 1.165) is 11.1 Å². The minimum absolute atomic E-state index is 0.178. The number of allylic oxidation sites excluding steroid dienone is 1. The molecule has 0 spiro atoms. The van der Waals surface area contributed by atoms with Gasteiger partial charge in [0.15, 0.2) is 0 Å². The van der Waals surface area contributed by atoms with Crippen molar-refractivity contribution in [3.63, 3.8) is 0 Å². The number of phenols is 1. The maximum Gasteiger partial charge on any atom is 0.130 e. The molecule has 0 aliphatic rings. The predicted molar refractivity (Wildman–Crippen MR) is 86.2 cm³/mol. The topological polar surface area (TPSA) is 47.9 Å². The standard InChI is InChI=1S/C18H20O4/c1-5-15(12-7-6-8-13(19)9-12)18-16(21-3)10-14(20-2)11-17(18)22-4/h5-11,15,19H,1H2,2-4H3. The largest absolute Gasteiger partial charge is 0.508 e. The molecule has 4 nitrogen and oxygen atoms in total. The molecule has 22 heavy (non-hydrogen) atoms. The number of aromatic hydroxyl groups is 1. The van der Waals surface area contributed by atoms with Crippen molar-refractivity contribution < 1.29 is 19.3 Å². The summed E-state index contributed by atoms with van der Waals surface area (Å²) < 4.78 is 16.3. The molecule has 0 aliphatic heterocycles. The summed E-state index contributed by atoms with van der Waals surface area (Å²) in [6, 6.07) is 10.7. The van der Waals surface area contributed by atoms with Crippen molar-refractivity contribution >= 4 is 0 Å². The fraction of sp³-hybridized carbons (Fsp3) is 0.222. The van der Waals surface area contributed by atoms with Gasteiger partial charge in [0.2, 0.25) is 0 Å². The number of hydrogen-bond acceptors (Lipinski definition) is 4. The lowest BCUT2D eigenvalue weighted by Gasteiger charge is -2.21. The Kier molecular flexibility index (Phi) is 4.94. The molecule has 2 aromatic rings. The zero-order valence-corrected chi connectivity index (χ0v) is 13.0. The molecule has 0 aromatic heterocycles. The van der Waals surface area contributed by atoms with Gasteiger partial charge in [0, 0.05) is 23.6 Å². The van der Waals surface area contributed by atoms with Gasteiger partial charge in [0.05, 0.1) is 21.3 Å². The number of phenolic OH excluding ortho intramolecular Hbond substituents is 1. The monoisotopic (exact) mass is 300 g/mol. The van der Waals surface area contributed by atoms with E-state index in [1.54, 1.807) is 57.7 Å². The first-order chi connectivity index (χ1) is 10.6. The molecule has 0 amide bonds. The number of rotatable bonds is 6. The van der Waals surface area contributed by atoms with Crippen molar-refractivity contribution in [2.24, 2.45) is 0 Å². The molecule has 2 aromatic carbocycles. The van der Waals surface area contributed by atoms with Crippen LogP contribution in [0.1, 0.15) is 17.0 Å². The number of ether oxygens (including phenoxy) is 3. The average Bonchev–Trinajstić information content (AvgIpc) is 2.55. The van der Waals surface area contributed by atoms with E-state index in [9.17, 15) is 5.11 Å².